The van der Waals surface area contributed by atoms with Crippen molar-refractivity contribution in [3.05, 3.63) is 35.9 Å². The molecule has 0 amide bonds. The van der Waals surface area contributed by atoms with Crippen molar-refractivity contribution >= 4 is 21.6 Å². The van der Waals surface area contributed by atoms with Crippen molar-refractivity contribution in [1.29, 1.82) is 0 Å². The van der Waals surface area contributed by atoms with E-state index in [0.717, 1.165) is 5.25 Å². The Balaban J connectivity index is 1.94. The van der Waals surface area contributed by atoms with E-state index in [9.17, 15) is 0 Å². The second-order valence-electron chi connectivity index (χ2n) is 3.02. The van der Waals surface area contributed by atoms with Crippen LogP contribution in [0.2, 0.25) is 0 Å². The molecule has 64 valence electrons. The maximum absolute atomic E-state index is 2.23. The summed E-state index contributed by atoms with van der Waals surface area (Å²) in [6.45, 7) is 0. The van der Waals surface area contributed by atoms with Gasteiger partial charge >= 0.3 is 0 Å². The quantitative estimate of drug-likeness (QED) is 0.665. The van der Waals surface area contributed by atoms with Gasteiger partial charge in [0.2, 0.25) is 0 Å². The van der Waals surface area contributed by atoms with Gasteiger partial charge in [-0.05, 0) is 18.4 Å². The van der Waals surface area contributed by atoms with E-state index in [1.165, 1.54) is 24.2 Å². The highest BCUT2D eigenvalue weighted by atomic mass is 33.1. The van der Waals surface area contributed by atoms with E-state index in [4.69, 9.17) is 0 Å². The summed E-state index contributed by atoms with van der Waals surface area (Å²) in [5.41, 5.74) is 1.48. The van der Waals surface area contributed by atoms with E-state index < -0.39 is 0 Å². The van der Waals surface area contributed by atoms with Crippen molar-refractivity contribution < 1.29 is 0 Å². The Hall–Kier alpha value is -0.0800. The van der Waals surface area contributed by atoms with Crippen LogP contribution in [0.15, 0.2) is 30.3 Å². The third-order valence-electron chi connectivity index (χ3n) is 2.03. The predicted octanol–water partition coefficient (Wildman–Crippen LogP) is 3.38. The molecular weight excluding hydrogens is 184 g/mol. The number of hydrogen-bond acceptors (Lipinski definition) is 2. The maximum Gasteiger partial charge on any atom is 0.0200 e. The number of hydrogen-bond donors (Lipinski definition) is 0. The Bertz CT molecular complexity index is 227. The van der Waals surface area contributed by atoms with E-state index in [1.807, 2.05) is 10.8 Å². The molecule has 1 aliphatic rings. The Kier molecular flexibility index (Phi) is 3.01. The maximum atomic E-state index is 2.23. The molecule has 2 rings (SSSR count). The van der Waals surface area contributed by atoms with Crippen molar-refractivity contribution in [3.8, 4) is 0 Å². The fourth-order valence-corrected chi connectivity index (χ4v) is 4.33. The average Bonchev–Trinajstić information content (AvgIpc) is 2.59. The number of benzene rings is 1. The molecule has 1 unspecified atom stereocenters. The molecule has 1 atom stereocenters. The average molecular weight is 196 g/mol. The molecule has 1 aromatic rings. The molecule has 0 nitrogen and oxygen atoms in total. The van der Waals surface area contributed by atoms with Crippen LogP contribution in [0.1, 0.15) is 12.0 Å². The van der Waals surface area contributed by atoms with Gasteiger partial charge in [-0.2, -0.15) is 0 Å². The van der Waals surface area contributed by atoms with Crippen molar-refractivity contribution in [3.63, 3.8) is 0 Å². The first-order valence-electron chi connectivity index (χ1n) is 4.27. The lowest BCUT2D eigenvalue weighted by molar-refractivity contribution is 0.837. The van der Waals surface area contributed by atoms with Crippen LogP contribution in [0, 0.1) is 0 Å². The standard InChI is InChI=1S/C10H12S2/c1-2-4-9(5-3-1)8-10-6-7-11-12-10/h1-5,10H,6-8H2. The van der Waals surface area contributed by atoms with Crippen LogP contribution in [0.5, 0.6) is 0 Å². The van der Waals surface area contributed by atoms with Crippen LogP contribution in [0.3, 0.4) is 0 Å². The molecule has 0 spiro atoms. The van der Waals surface area contributed by atoms with Gasteiger partial charge < -0.3 is 0 Å². The molecule has 1 aliphatic heterocycles. The molecule has 0 aliphatic carbocycles. The summed E-state index contributed by atoms with van der Waals surface area (Å²) in [4.78, 5) is 0. The minimum absolute atomic E-state index is 0.859. The van der Waals surface area contributed by atoms with Gasteiger partial charge in [-0.1, -0.05) is 51.9 Å². The van der Waals surface area contributed by atoms with Crippen LogP contribution in [-0.4, -0.2) is 11.0 Å². The molecule has 1 fully saturated rings. The van der Waals surface area contributed by atoms with Crippen molar-refractivity contribution in [2.45, 2.75) is 18.1 Å². The minimum atomic E-state index is 0.859. The second-order valence-corrected chi connectivity index (χ2v) is 5.81. The summed E-state index contributed by atoms with van der Waals surface area (Å²) in [5.74, 6) is 1.34. The van der Waals surface area contributed by atoms with Gasteiger partial charge in [-0.3, -0.25) is 0 Å². The highest BCUT2D eigenvalue weighted by Crippen LogP contribution is 2.38. The smallest absolute Gasteiger partial charge is 0.0200 e. The summed E-state index contributed by atoms with van der Waals surface area (Å²) in [6.07, 6.45) is 2.63. The lowest BCUT2D eigenvalue weighted by atomic mass is 10.1. The molecular formula is C10H12S2. The van der Waals surface area contributed by atoms with Crippen LogP contribution < -0.4 is 0 Å². The zero-order valence-corrected chi connectivity index (χ0v) is 8.53. The molecule has 1 heterocycles. The zero-order valence-electron chi connectivity index (χ0n) is 6.90. The van der Waals surface area contributed by atoms with Crippen molar-refractivity contribution in [1.82, 2.24) is 0 Å². The zero-order chi connectivity index (χ0) is 8.23. The van der Waals surface area contributed by atoms with E-state index in [2.05, 4.69) is 41.1 Å². The van der Waals surface area contributed by atoms with Crippen LogP contribution >= 0.6 is 21.6 Å². The summed E-state index contributed by atoms with van der Waals surface area (Å²) in [6, 6.07) is 10.8. The Labute approximate surface area is 81.5 Å². The summed E-state index contributed by atoms with van der Waals surface area (Å²) in [7, 11) is 4.07. The largest absolute Gasteiger partial charge is 0.0938 e. The van der Waals surface area contributed by atoms with Crippen molar-refractivity contribution in [2.24, 2.45) is 0 Å². The lowest BCUT2D eigenvalue weighted by Crippen LogP contribution is -2.01. The van der Waals surface area contributed by atoms with Crippen molar-refractivity contribution in [2.75, 3.05) is 5.75 Å². The third-order valence-corrected chi connectivity index (χ3v) is 4.97. The molecule has 0 radical (unpaired) electrons. The molecule has 2 heteroatoms. The normalized spacial score (nSPS) is 22.8. The first-order valence-corrected chi connectivity index (χ1v) is 6.65. The summed E-state index contributed by atoms with van der Waals surface area (Å²) >= 11 is 0. The molecule has 0 aromatic heterocycles. The van der Waals surface area contributed by atoms with Gasteiger partial charge in [0.15, 0.2) is 0 Å². The van der Waals surface area contributed by atoms with E-state index in [0.29, 0.717) is 0 Å². The number of rotatable bonds is 2. The highest BCUT2D eigenvalue weighted by Gasteiger charge is 2.16. The third kappa shape index (κ3) is 2.20. The van der Waals surface area contributed by atoms with Gasteiger partial charge in [0.25, 0.3) is 0 Å². The lowest BCUT2D eigenvalue weighted by Gasteiger charge is -2.06. The van der Waals surface area contributed by atoms with E-state index in [1.54, 1.807) is 0 Å². The highest BCUT2D eigenvalue weighted by molar-refractivity contribution is 8.77. The first-order chi connectivity index (χ1) is 5.95. The van der Waals surface area contributed by atoms with Gasteiger partial charge in [0.05, 0.1) is 0 Å². The summed E-state index contributed by atoms with van der Waals surface area (Å²) < 4.78 is 0. The van der Waals surface area contributed by atoms with Gasteiger partial charge in [0, 0.05) is 11.0 Å². The Morgan fingerprint density at radius 1 is 1.25 bits per heavy atom. The van der Waals surface area contributed by atoms with Gasteiger partial charge in [0.1, 0.15) is 0 Å². The molecule has 1 aromatic carbocycles. The second kappa shape index (κ2) is 4.24. The SMILES string of the molecule is c1ccc(CC2CCSS2)cc1. The molecule has 0 N–H and O–H groups in total. The predicted molar refractivity (Wildman–Crippen MR) is 58.6 cm³/mol. The first kappa shape index (κ1) is 8.52. The molecule has 12 heavy (non-hydrogen) atoms. The monoisotopic (exact) mass is 196 g/mol. The Morgan fingerprint density at radius 3 is 2.75 bits per heavy atom. The molecule has 1 saturated heterocycles. The molecule has 0 bridgehead atoms. The van der Waals surface area contributed by atoms with E-state index in [-0.39, 0.29) is 0 Å². The topological polar surface area (TPSA) is 0 Å². The fourth-order valence-electron chi connectivity index (χ4n) is 1.39. The van der Waals surface area contributed by atoms with E-state index >= 15 is 0 Å². The van der Waals surface area contributed by atoms with Crippen LogP contribution in [0.4, 0.5) is 0 Å². The molecule has 0 saturated carbocycles. The van der Waals surface area contributed by atoms with Gasteiger partial charge in [-0.15, -0.1) is 0 Å². The van der Waals surface area contributed by atoms with Gasteiger partial charge in [-0.25, -0.2) is 0 Å². The summed E-state index contributed by atoms with van der Waals surface area (Å²) in [5, 5.41) is 0.859. The fraction of sp³-hybridized carbons (Fsp3) is 0.400. The van der Waals surface area contributed by atoms with Crippen LogP contribution in [0.25, 0.3) is 0 Å². The Morgan fingerprint density at radius 2 is 2.08 bits per heavy atom. The van der Waals surface area contributed by atoms with Crippen LogP contribution in [-0.2, 0) is 6.42 Å². The minimum Gasteiger partial charge on any atom is -0.0938 e.